The van der Waals surface area contributed by atoms with Gasteiger partial charge in [-0.3, -0.25) is 9.69 Å². The Balaban J connectivity index is 1.89. The van der Waals surface area contributed by atoms with E-state index in [1.165, 1.54) is 0 Å². The summed E-state index contributed by atoms with van der Waals surface area (Å²) in [4.78, 5) is 14.7. The Hall–Kier alpha value is -0.650. The lowest BCUT2D eigenvalue weighted by molar-refractivity contribution is -0.133. The van der Waals surface area contributed by atoms with Crippen LogP contribution in [-0.4, -0.2) is 59.8 Å². The van der Waals surface area contributed by atoms with Crippen LogP contribution in [0.2, 0.25) is 0 Å². The van der Waals surface area contributed by atoms with Crippen molar-refractivity contribution in [2.45, 2.75) is 57.2 Å². The Morgan fingerprint density at radius 1 is 1.32 bits per heavy atom. The Morgan fingerprint density at radius 2 is 2.00 bits per heavy atom. The second-order valence-corrected chi connectivity index (χ2v) is 6.29. The Morgan fingerprint density at radius 3 is 2.63 bits per heavy atom. The summed E-state index contributed by atoms with van der Waals surface area (Å²) in [6, 6.07) is 0.137. The van der Waals surface area contributed by atoms with Crippen LogP contribution in [0.3, 0.4) is 0 Å². The van der Waals surface area contributed by atoms with Crippen molar-refractivity contribution in [3.8, 4) is 0 Å². The maximum absolute atomic E-state index is 12.5. The number of nitrogens with one attached hydrogen (secondary N) is 2. The monoisotopic (exact) mass is 269 g/mol. The standard InChI is InChI=1S/C14H27N3O2/c1-14(2,17-8-6-15-7-9-17)13(19)16-11-4-3-5-12(18)10-11/h11-12,15,18H,3-10H2,1-2H3,(H,16,19). The van der Waals surface area contributed by atoms with E-state index < -0.39 is 5.54 Å². The quantitative estimate of drug-likeness (QED) is 0.679. The molecule has 0 radical (unpaired) electrons. The molecule has 3 N–H and O–H groups in total. The van der Waals surface area contributed by atoms with Gasteiger partial charge in [0.15, 0.2) is 0 Å². The molecule has 0 spiro atoms. The van der Waals surface area contributed by atoms with Gasteiger partial charge in [0.05, 0.1) is 11.6 Å². The molecule has 2 atom stereocenters. The summed E-state index contributed by atoms with van der Waals surface area (Å²) >= 11 is 0. The van der Waals surface area contributed by atoms with Crippen LogP contribution in [0.25, 0.3) is 0 Å². The molecule has 1 saturated heterocycles. The Bertz CT molecular complexity index is 314. The first kappa shape index (κ1) is 14.8. The van der Waals surface area contributed by atoms with Gasteiger partial charge in [0.25, 0.3) is 0 Å². The van der Waals surface area contributed by atoms with Gasteiger partial charge < -0.3 is 15.7 Å². The molecule has 2 rings (SSSR count). The number of aliphatic hydroxyl groups excluding tert-OH is 1. The van der Waals surface area contributed by atoms with Crippen molar-refractivity contribution in [3.63, 3.8) is 0 Å². The van der Waals surface area contributed by atoms with Crippen LogP contribution in [0.15, 0.2) is 0 Å². The van der Waals surface area contributed by atoms with Crippen LogP contribution in [0.5, 0.6) is 0 Å². The third-order valence-electron chi connectivity index (χ3n) is 4.44. The second-order valence-electron chi connectivity index (χ2n) is 6.29. The van der Waals surface area contributed by atoms with Crippen molar-refractivity contribution in [2.75, 3.05) is 26.2 Å². The number of aliphatic hydroxyl groups is 1. The van der Waals surface area contributed by atoms with E-state index in [9.17, 15) is 9.90 Å². The summed E-state index contributed by atoms with van der Waals surface area (Å²) in [5.74, 6) is 0.0912. The fraction of sp³-hybridized carbons (Fsp3) is 0.929. The first-order valence-electron chi connectivity index (χ1n) is 7.45. The fourth-order valence-corrected chi connectivity index (χ4v) is 3.02. The highest BCUT2D eigenvalue weighted by atomic mass is 16.3. The molecule has 0 bridgehead atoms. The van der Waals surface area contributed by atoms with E-state index in [4.69, 9.17) is 0 Å². The van der Waals surface area contributed by atoms with E-state index in [0.29, 0.717) is 6.42 Å². The van der Waals surface area contributed by atoms with Crippen molar-refractivity contribution < 1.29 is 9.90 Å². The average Bonchev–Trinajstić information content (AvgIpc) is 2.39. The molecule has 1 heterocycles. The maximum atomic E-state index is 12.5. The van der Waals surface area contributed by atoms with E-state index in [1.807, 2.05) is 13.8 Å². The van der Waals surface area contributed by atoms with Crippen molar-refractivity contribution in [1.29, 1.82) is 0 Å². The molecule has 2 aliphatic rings. The molecule has 5 heteroatoms. The first-order chi connectivity index (χ1) is 9.00. The minimum Gasteiger partial charge on any atom is -0.393 e. The molecule has 1 aliphatic heterocycles. The van der Waals surface area contributed by atoms with E-state index in [0.717, 1.165) is 45.4 Å². The fourth-order valence-electron chi connectivity index (χ4n) is 3.02. The van der Waals surface area contributed by atoms with Gasteiger partial charge in [-0.25, -0.2) is 0 Å². The molecule has 19 heavy (non-hydrogen) atoms. The third kappa shape index (κ3) is 3.68. The van der Waals surface area contributed by atoms with Gasteiger partial charge in [-0.1, -0.05) is 0 Å². The second kappa shape index (κ2) is 6.20. The van der Waals surface area contributed by atoms with Gasteiger partial charge in [0, 0.05) is 32.2 Å². The predicted molar refractivity (Wildman–Crippen MR) is 74.9 cm³/mol. The SMILES string of the molecule is CC(C)(C(=O)NC1CCCC(O)C1)N1CCNCC1. The number of carbonyl (C=O) groups excluding carboxylic acids is 1. The van der Waals surface area contributed by atoms with Crippen LogP contribution in [0, 0.1) is 0 Å². The summed E-state index contributed by atoms with van der Waals surface area (Å²) in [5, 5.41) is 16.1. The highest BCUT2D eigenvalue weighted by Gasteiger charge is 2.36. The van der Waals surface area contributed by atoms with Gasteiger partial charge in [0.1, 0.15) is 0 Å². The van der Waals surface area contributed by atoms with Crippen molar-refractivity contribution in [3.05, 3.63) is 0 Å². The molecule has 2 fully saturated rings. The van der Waals surface area contributed by atoms with Crippen LogP contribution >= 0.6 is 0 Å². The summed E-state index contributed by atoms with van der Waals surface area (Å²) in [6.45, 7) is 7.69. The molecule has 0 aromatic heterocycles. The van der Waals surface area contributed by atoms with Gasteiger partial charge in [-0.2, -0.15) is 0 Å². The summed E-state index contributed by atoms with van der Waals surface area (Å²) in [5.41, 5.74) is -0.468. The predicted octanol–water partition coefficient (Wildman–Crippen LogP) is 0.0899. The molecule has 1 saturated carbocycles. The number of hydrogen-bond acceptors (Lipinski definition) is 4. The zero-order valence-corrected chi connectivity index (χ0v) is 12.1. The zero-order chi connectivity index (χ0) is 13.9. The molecule has 0 aromatic carbocycles. The van der Waals surface area contributed by atoms with Crippen LogP contribution in [0.1, 0.15) is 39.5 Å². The van der Waals surface area contributed by atoms with E-state index in [2.05, 4.69) is 15.5 Å². The lowest BCUT2D eigenvalue weighted by atomic mass is 9.91. The first-order valence-corrected chi connectivity index (χ1v) is 7.45. The van der Waals surface area contributed by atoms with Gasteiger partial charge in [0.2, 0.25) is 5.91 Å². The molecular weight excluding hydrogens is 242 g/mol. The number of hydrogen-bond donors (Lipinski definition) is 3. The maximum Gasteiger partial charge on any atom is 0.240 e. The molecule has 2 unspecified atom stereocenters. The zero-order valence-electron chi connectivity index (χ0n) is 12.1. The molecule has 5 nitrogen and oxygen atoms in total. The van der Waals surface area contributed by atoms with Gasteiger partial charge in [-0.15, -0.1) is 0 Å². The number of piperazine rings is 1. The van der Waals surface area contributed by atoms with Gasteiger partial charge in [-0.05, 0) is 39.5 Å². The lowest BCUT2D eigenvalue weighted by Gasteiger charge is -2.41. The number of amides is 1. The molecule has 110 valence electrons. The van der Waals surface area contributed by atoms with Crippen molar-refractivity contribution >= 4 is 5.91 Å². The van der Waals surface area contributed by atoms with Crippen LogP contribution in [-0.2, 0) is 4.79 Å². The summed E-state index contributed by atoms with van der Waals surface area (Å²) in [6.07, 6.45) is 3.30. The summed E-state index contributed by atoms with van der Waals surface area (Å²) < 4.78 is 0. The Labute approximate surface area is 115 Å². The third-order valence-corrected chi connectivity index (χ3v) is 4.44. The highest BCUT2D eigenvalue weighted by Crippen LogP contribution is 2.21. The van der Waals surface area contributed by atoms with E-state index in [-0.39, 0.29) is 18.1 Å². The lowest BCUT2D eigenvalue weighted by Crippen LogP contribution is -2.61. The largest absolute Gasteiger partial charge is 0.393 e. The van der Waals surface area contributed by atoms with E-state index in [1.54, 1.807) is 0 Å². The van der Waals surface area contributed by atoms with Gasteiger partial charge >= 0.3 is 0 Å². The average molecular weight is 269 g/mol. The van der Waals surface area contributed by atoms with E-state index >= 15 is 0 Å². The normalized spacial score (nSPS) is 30.1. The number of rotatable bonds is 3. The molecular formula is C14H27N3O2. The topological polar surface area (TPSA) is 64.6 Å². The van der Waals surface area contributed by atoms with Crippen LogP contribution in [0.4, 0.5) is 0 Å². The molecule has 1 amide bonds. The number of nitrogens with zero attached hydrogens (tertiary/aromatic N) is 1. The van der Waals surface area contributed by atoms with Crippen LogP contribution < -0.4 is 10.6 Å². The summed E-state index contributed by atoms with van der Waals surface area (Å²) in [7, 11) is 0. The minimum absolute atomic E-state index is 0.0912. The van der Waals surface area contributed by atoms with Crippen molar-refractivity contribution in [2.24, 2.45) is 0 Å². The Kier molecular flexibility index (Phi) is 4.81. The van der Waals surface area contributed by atoms with Crippen molar-refractivity contribution in [1.82, 2.24) is 15.5 Å². The molecule has 0 aromatic rings. The highest BCUT2D eigenvalue weighted by molar-refractivity contribution is 5.85. The molecule has 1 aliphatic carbocycles. The minimum atomic E-state index is -0.468. The smallest absolute Gasteiger partial charge is 0.240 e. The number of carbonyl (C=O) groups is 1.